The molecule has 1 unspecified atom stereocenters. The van der Waals surface area contributed by atoms with Gasteiger partial charge >= 0.3 is 0 Å². The smallest absolute Gasteiger partial charge is 0.0175 e. The predicted molar refractivity (Wildman–Crippen MR) is 66.7 cm³/mol. The molecule has 0 bridgehead atoms. The van der Waals surface area contributed by atoms with E-state index in [1.54, 1.807) is 0 Å². The van der Waals surface area contributed by atoms with Gasteiger partial charge in [-0.25, -0.2) is 0 Å². The standard InChI is InChI=1S/C13H19Br/c1-4-10-13(3,5-2)11-6-8-12(14)9-7-11/h6-9H,4-5,10H2,1-3H3. The first kappa shape index (κ1) is 11.8. The highest BCUT2D eigenvalue weighted by atomic mass is 79.9. The third kappa shape index (κ3) is 2.60. The van der Waals surface area contributed by atoms with E-state index in [0.29, 0.717) is 5.41 Å². The molecule has 1 aromatic carbocycles. The van der Waals surface area contributed by atoms with E-state index in [9.17, 15) is 0 Å². The van der Waals surface area contributed by atoms with Crippen molar-refractivity contribution in [3.63, 3.8) is 0 Å². The molecule has 1 rings (SSSR count). The molecule has 0 N–H and O–H groups in total. The van der Waals surface area contributed by atoms with E-state index in [1.807, 2.05) is 0 Å². The molecule has 0 saturated carbocycles. The third-order valence-corrected chi connectivity index (χ3v) is 3.65. The SMILES string of the molecule is CCCC(C)(CC)c1ccc(Br)cc1. The van der Waals surface area contributed by atoms with Crippen molar-refractivity contribution < 1.29 is 0 Å². The van der Waals surface area contributed by atoms with Crippen molar-refractivity contribution in [3.8, 4) is 0 Å². The van der Waals surface area contributed by atoms with Crippen LogP contribution in [0.3, 0.4) is 0 Å². The summed E-state index contributed by atoms with van der Waals surface area (Å²) in [7, 11) is 0. The zero-order chi connectivity index (χ0) is 10.6. The Bertz CT molecular complexity index is 276. The minimum Gasteiger partial charge on any atom is -0.0654 e. The largest absolute Gasteiger partial charge is 0.0654 e. The van der Waals surface area contributed by atoms with Gasteiger partial charge in [0.05, 0.1) is 0 Å². The average Bonchev–Trinajstić information content (AvgIpc) is 2.19. The van der Waals surface area contributed by atoms with Gasteiger partial charge in [-0.3, -0.25) is 0 Å². The first-order valence-electron chi connectivity index (χ1n) is 5.38. The molecule has 0 aliphatic heterocycles. The lowest BCUT2D eigenvalue weighted by molar-refractivity contribution is 0.414. The summed E-state index contributed by atoms with van der Waals surface area (Å²) >= 11 is 3.47. The second kappa shape index (κ2) is 4.97. The second-order valence-electron chi connectivity index (χ2n) is 4.17. The van der Waals surface area contributed by atoms with Crippen molar-refractivity contribution in [2.45, 2.75) is 45.4 Å². The maximum atomic E-state index is 3.47. The van der Waals surface area contributed by atoms with Crippen LogP contribution in [0.4, 0.5) is 0 Å². The van der Waals surface area contributed by atoms with Gasteiger partial charge < -0.3 is 0 Å². The molecule has 14 heavy (non-hydrogen) atoms. The molecule has 0 aliphatic carbocycles. The third-order valence-electron chi connectivity index (χ3n) is 3.12. The summed E-state index contributed by atoms with van der Waals surface area (Å²) in [6.45, 7) is 6.89. The van der Waals surface area contributed by atoms with Crippen molar-refractivity contribution >= 4 is 15.9 Å². The van der Waals surface area contributed by atoms with Gasteiger partial charge in [0.2, 0.25) is 0 Å². The number of rotatable bonds is 4. The molecule has 0 saturated heterocycles. The molecule has 0 aliphatic rings. The number of hydrogen-bond donors (Lipinski definition) is 0. The molecule has 0 heterocycles. The molecular weight excluding hydrogens is 236 g/mol. The van der Waals surface area contributed by atoms with Crippen LogP contribution in [0, 0.1) is 0 Å². The normalized spacial score (nSPS) is 15.1. The Balaban J connectivity index is 2.94. The zero-order valence-corrected chi connectivity index (χ0v) is 10.9. The van der Waals surface area contributed by atoms with Gasteiger partial charge in [0.25, 0.3) is 0 Å². The summed E-state index contributed by atoms with van der Waals surface area (Å²) in [6, 6.07) is 8.75. The van der Waals surface area contributed by atoms with Crippen LogP contribution in [-0.4, -0.2) is 0 Å². The van der Waals surface area contributed by atoms with E-state index < -0.39 is 0 Å². The maximum Gasteiger partial charge on any atom is 0.0175 e. The topological polar surface area (TPSA) is 0 Å². The highest BCUT2D eigenvalue weighted by molar-refractivity contribution is 9.10. The summed E-state index contributed by atoms with van der Waals surface area (Å²) < 4.78 is 1.16. The van der Waals surface area contributed by atoms with E-state index in [0.717, 1.165) is 4.47 Å². The fourth-order valence-corrected chi connectivity index (χ4v) is 2.19. The van der Waals surface area contributed by atoms with Gasteiger partial charge in [-0.1, -0.05) is 55.3 Å². The number of benzene rings is 1. The summed E-state index contributed by atoms with van der Waals surface area (Å²) in [4.78, 5) is 0. The molecule has 0 radical (unpaired) electrons. The van der Waals surface area contributed by atoms with E-state index in [4.69, 9.17) is 0 Å². The van der Waals surface area contributed by atoms with Gasteiger partial charge in [0.1, 0.15) is 0 Å². The van der Waals surface area contributed by atoms with Crippen LogP contribution in [0.5, 0.6) is 0 Å². The van der Waals surface area contributed by atoms with Crippen molar-refractivity contribution in [3.05, 3.63) is 34.3 Å². The average molecular weight is 255 g/mol. The van der Waals surface area contributed by atoms with Crippen molar-refractivity contribution in [2.24, 2.45) is 0 Å². The monoisotopic (exact) mass is 254 g/mol. The molecule has 0 amide bonds. The molecule has 1 heteroatoms. The fourth-order valence-electron chi connectivity index (χ4n) is 1.93. The lowest BCUT2D eigenvalue weighted by Gasteiger charge is -2.28. The molecule has 78 valence electrons. The van der Waals surface area contributed by atoms with Crippen molar-refractivity contribution in [1.82, 2.24) is 0 Å². The minimum atomic E-state index is 0.357. The first-order valence-corrected chi connectivity index (χ1v) is 6.17. The van der Waals surface area contributed by atoms with Crippen LogP contribution in [0.25, 0.3) is 0 Å². The first-order chi connectivity index (χ1) is 6.62. The summed E-state index contributed by atoms with van der Waals surface area (Å²) in [5.74, 6) is 0. The van der Waals surface area contributed by atoms with Crippen LogP contribution in [-0.2, 0) is 5.41 Å². The van der Waals surface area contributed by atoms with E-state index in [1.165, 1.54) is 24.8 Å². The Morgan fingerprint density at radius 1 is 1.14 bits per heavy atom. The quantitative estimate of drug-likeness (QED) is 0.716. The molecule has 1 atom stereocenters. The number of hydrogen-bond acceptors (Lipinski definition) is 0. The lowest BCUT2D eigenvalue weighted by Crippen LogP contribution is -2.20. The van der Waals surface area contributed by atoms with Gasteiger partial charge in [-0.15, -0.1) is 0 Å². The van der Waals surface area contributed by atoms with Gasteiger partial charge in [0.15, 0.2) is 0 Å². The van der Waals surface area contributed by atoms with Crippen LogP contribution < -0.4 is 0 Å². The Morgan fingerprint density at radius 2 is 1.71 bits per heavy atom. The summed E-state index contributed by atoms with van der Waals surface area (Å²) in [5, 5.41) is 0. The Morgan fingerprint density at radius 3 is 2.14 bits per heavy atom. The van der Waals surface area contributed by atoms with Gasteiger partial charge in [-0.05, 0) is 36.0 Å². The highest BCUT2D eigenvalue weighted by Crippen LogP contribution is 2.32. The molecule has 0 nitrogen and oxygen atoms in total. The van der Waals surface area contributed by atoms with Crippen LogP contribution in [0.15, 0.2) is 28.7 Å². The number of halogens is 1. The molecule has 0 fully saturated rings. The molecule has 0 spiro atoms. The van der Waals surface area contributed by atoms with Crippen molar-refractivity contribution in [2.75, 3.05) is 0 Å². The van der Waals surface area contributed by atoms with Crippen LogP contribution in [0.1, 0.15) is 45.6 Å². The zero-order valence-electron chi connectivity index (χ0n) is 9.31. The van der Waals surface area contributed by atoms with Crippen LogP contribution >= 0.6 is 15.9 Å². The summed E-state index contributed by atoms with van der Waals surface area (Å²) in [6.07, 6.45) is 3.73. The highest BCUT2D eigenvalue weighted by Gasteiger charge is 2.22. The van der Waals surface area contributed by atoms with E-state index >= 15 is 0 Å². The molecular formula is C13H19Br. The van der Waals surface area contributed by atoms with Gasteiger partial charge in [-0.2, -0.15) is 0 Å². The minimum absolute atomic E-state index is 0.357. The van der Waals surface area contributed by atoms with Crippen LogP contribution in [0.2, 0.25) is 0 Å². The van der Waals surface area contributed by atoms with Crippen molar-refractivity contribution in [1.29, 1.82) is 0 Å². The molecule has 0 aromatic heterocycles. The van der Waals surface area contributed by atoms with E-state index in [2.05, 4.69) is 61.0 Å². The summed E-state index contributed by atoms with van der Waals surface area (Å²) in [5.41, 5.74) is 1.82. The Labute approximate surface area is 95.9 Å². The second-order valence-corrected chi connectivity index (χ2v) is 5.09. The lowest BCUT2D eigenvalue weighted by atomic mass is 9.77. The Kier molecular flexibility index (Phi) is 4.18. The van der Waals surface area contributed by atoms with E-state index in [-0.39, 0.29) is 0 Å². The molecule has 1 aromatic rings. The fraction of sp³-hybridized carbons (Fsp3) is 0.538. The predicted octanol–water partition coefficient (Wildman–Crippen LogP) is 4.92. The Hall–Kier alpha value is -0.300. The maximum absolute atomic E-state index is 3.47. The van der Waals surface area contributed by atoms with Gasteiger partial charge in [0, 0.05) is 4.47 Å².